The lowest BCUT2D eigenvalue weighted by atomic mass is 10.0. The number of pyridine rings is 2. The third kappa shape index (κ3) is 3.36. The van der Waals surface area contributed by atoms with Crippen molar-refractivity contribution in [3.63, 3.8) is 0 Å². The third-order valence-electron chi connectivity index (χ3n) is 5.79. The molecule has 0 aliphatic heterocycles. The van der Waals surface area contributed by atoms with E-state index in [1.165, 1.54) is 16.8 Å². The van der Waals surface area contributed by atoms with Gasteiger partial charge >= 0.3 is 0 Å². The van der Waals surface area contributed by atoms with Crippen LogP contribution in [-0.2, 0) is 0 Å². The van der Waals surface area contributed by atoms with E-state index in [2.05, 4.69) is 93.6 Å². The van der Waals surface area contributed by atoms with Crippen LogP contribution in [0, 0.1) is 0 Å². The fourth-order valence-electron chi connectivity index (χ4n) is 4.23. The fraction of sp³-hybridized carbons (Fsp3) is 0.111. The molecule has 31 heavy (non-hydrogen) atoms. The SMILES string of the molecule is C=CCN(CC)c1ccc(-c2ccc(-n3c4ccncc4c4cnccc43)cc2)cc1. The first-order chi connectivity index (χ1) is 15.3. The Hall–Kier alpha value is -3.92. The van der Waals surface area contributed by atoms with Gasteiger partial charge in [-0.25, -0.2) is 0 Å². The molecule has 2 aromatic carbocycles. The Kier molecular flexibility index (Phi) is 4.97. The zero-order valence-corrected chi connectivity index (χ0v) is 17.6. The Labute approximate surface area is 182 Å². The summed E-state index contributed by atoms with van der Waals surface area (Å²) in [5, 5.41) is 2.23. The molecule has 0 N–H and O–H groups in total. The topological polar surface area (TPSA) is 34.0 Å². The van der Waals surface area contributed by atoms with Gasteiger partial charge in [-0.2, -0.15) is 0 Å². The standard InChI is InChI=1S/C27H24N4/c1-3-17-30(4-2)22-9-5-20(6-10-22)21-7-11-23(12-8-21)31-26-13-15-28-18-24(26)25-19-29-16-14-27(25)31/h3,5-16,18-19H,1,4,17H2,2H3. The second-order valence-electron chi connectivity index (χ2n) is 7.54. The number of hydrogen-bond acceptors (Lipinski definition) is 3. The highest BCUT2D eigenvalue weighted by Crippen LogP contribution is 2.31. The molecule has 0 aliphatic rings. The van der Waals surface area contributed by atoms with E-state index < -0.39 is 0 Å². The zero-order valence-electron chi connectivity index (χ0n) is 17.6. The molecule has 0 saturated carbocycles. The lowest BCUT2D eigenvalue weighted by Crippen LogP contribution is -2.22. The van der Waals surface area contributed by atoms with Crippen LogP contribution in [0.1, 0.15) is 6.92 Å². The van der Waals surface area contributed by atoms with Crippen LogP contribution in [0.2, 0.25) is 0 Å². The maximum absolute atomic E-state index is 4.31. The predicted octanol–water partition coefficient (Wildman–Crippen LogP) is 6.25. The summed E-state index contributed by atoms with van der Waals surface area (Å²) in [6.45, 7) is 7.84. The summed E-state index contributed by atoms with van der Waals surface area (Å²) in [5.41, 5.74) is 7.02. The minimum absolute atomic E-state index is 0.856. The van der Waals surface area contributed by atoms with Crippen molar-refractivity contribution < 1.29 is 0 Å². The van der Waals surface area contributed by atoms with Gasteiger partial charge in [0.05, 0.1) is 11.0 Å². The van der Waals surface area contributed by atoms with Gasteiger partial charge in [-0.1, -0.05) is 30.3 Å². The first-order valence-electron chi connectivity index (χ1n) is 10.5. The fourth-order valence-corrected chi connectivity index (χ4v) is 4.23. The monoisotopic (exact) mass is 404 g/mol. The molecule has 0 atom stereocenters. The van der Waals surface area contributed by atoms with Gasteiger partial charge in [0.1, 0.15) is 0 Å². The molecular weight excluding hydrogens is 380 g/mol. The van der Waals surface area contributed by atoms with Crippen molar-refractivity contribution in [2.75, 3.05) is 18.0 Å². The summed E-state index contributed by atoms with van der Waals surface area (Å²) in [6, 6.07) is 21.6. The molecule has 0 aliphatic carbocycles. The van der Waals surface area contributed by atoms with Crippen molar-refractivity contribution in [2.45, 2.75) is 6.92 Å². The van der Waals surface area contributed by atoms with Crippen LogP contribution < -0.4 is 4.90 Å². The average Bonchev–Trinajstić information content (AvgIpc) is 3.17. The maximum atomic E-state index is 4.31. The second-order valence-corrected chi connectivity index (χ2v) is 7.54. The first kappa shape index (κ1) is 19.1. The highest BCUT2D eigenvalue weighted by molar-refractivity contribution is 6.08. The molecule has 4 heteroatoms. The Balaban J connectivity index is 1.52. The van der Waals surface area contributed by atoms with Gasteiger partial charge in [0.25, 0.3) is 0 Å². The molecule has 0 radical (unpaired) electrons. The number of rotatable bonds is 6. The minimum atomic E-state index is 0.856. The van der Waals surface area contributed by atoms with Crippen molar-refractivity contribution in [3.8, 4) is 16.8 Å². The van der Waals surface area contributed by atoms with Crippen LogP contribution >= 0.6 is 0 Å². The molecule has 0 amide bonds. The minimum Gasteiger partial charge on any atom is -0.368 e. The molecule has 0 bridgehead atoms. The van der Waals surface area contributed by atoms with Crippen LogP contribution in [0.15, 0.2) is 98.1 Å². The summed E-state index contributed by atoms with van der Waals surface area (Å²) < 4.78 is 2.27. The summed E-state index contributed by atoms with van der Waals surface area (Å²) in [7, 11) is 0. The summed E-state index contributed by atoms with van der Waals surface area (Å²) in [4.78, 5) is 10.9. The Morgan fingerprint density at radius 2 is 1.35 bits per heavy atom. The molecule has 5 aromatic rings. The summed E-state index contributed by atoms with van der Waals surface area (Å²) >= 11 is 0. The molecule has 3 aromatic heterocycles. The van der Waals surface area contributed by atoms with Gasteiger partial charge in [-0.3, -0.25) is 9.97 Å². The molecule has 0 saturated heterocycles. The number of anilines is 1. The molecule has 152 valence electrons. The van der Waals surface area contributed by atoms with Crippen LogP contribution in [0.25, 0.3) is 38.6 Å². The van der Waals surface area contributed by atoms with E-state index in [0.717, 1.165) is 40.6 Å². The van der Waals surface area contributed by atoms with Crippen molar-refractivity contribution in [1.82, 2.24) is 14.5 Å². The van der Waals surface area contributed by atoms with Gasteiger partial charge < -0.3 is 9.47 Å². The van der Waals surface area contributed by atoms with Crippen molar-refractivity contribution in [2.24, 2.45) is 0 Å². The summed E-state index contributed by atoms with van der Waals surface area (Å²) in [6.07, 6.45) is 9.45. The first-order valence-corrected chi connectivity index (χ1v) is 10.5. The van der Waals surface area contributed by atoms with Crippen molar-refractivity contribution in [3.05, 3.63) is 98.1 Å². The van der Waals surface area contributed by atoms with E-state index in [0.29, 0.717) is 0 Å². The molecule has 3 heterocycles. The second kappa shape index (κ2) is 8.07. The molecule has 0 spiro atoms. The molecular formula is C27H24N4. The highest BCUT2D eigenvalue weighted by Gasteiger charge is 2.12. The number of benzene rings is 2. The van der Waals surface area contributed by atoms with E-state index in [-0.39, 0.29) is 0 Å². The summed E-state index contributed by atoms with van der Waals surface area (Å²) in [5.74, 6) is 0. The Morgan fingerprint density at radius 1 is 0.806 bits per heavy atom. The van der Waals surface area contributed by atoms with E-state index in [1.807, 2.05) is 30.9 Å². The molecule has 0 unspecified atom stereocenters. The van der Waals surface area contributed by atoms with Crippen molar-refractivity contribution in [1.29, 1.82) is 0 Å². The van der Waals surface area contributed by atoms with Crippen LogP contribution in [0.5, 0.6) is 0 Å². The van der Waals surface area contributed by atoms with E-state index in [9.17, 15) is 0 Å². The van der Waals surface area contributed by atoms with E-state index >= 15 is 0 Å². The van der Waals surface area contributed by atoms with E-state index in [1.54, 1.807) is 0 Å². The van der Waals surface area contributed by atoms with Gasteiger partial charge in [-0.15, -0.1) is 6.58 Å². The predicted molar refractivity (Wildman–Crippen MR) is 130 cm³/mol. The van der Waals surface area contributed by atoms with Crippen molar-refractivity contribution >= 4 is 27.5 Å². The maximum Gasteiger partial charge on any atom is 0.0572 e. The lowest BCUT2D eigenvalue weighted by Gasteiger charge is -2.21. The van der Waals surface area contributed by atoms with Gasteiger partial charge in [0, 0.05) is 60.0 Å². The lowest BCUT2D eigenvalue weighted by molar-refractivity contribution is 0.907. The van der Waals surface area contributed by atoms with Gasteiger partial charge in [0.15, 0.2) is 0 Å². The number of nitrogens with zero attached hydrogens (tertiary/aromatic N) is 4. The van der Waals surface area contributed by atoms with Gasteiger partial charge in [0.2, 0.25) is 0 Å². The highest BCUT2D eigenvalue weighted by atomic mass is 15.1. The quantitative estimate of drug-likeness (QED) is 0.314. The third-order valence-corrected chi connectivity index (χ3v) is 5.79. The van der Waals surface area contributed by atoms with Crippen LogP contribution in [0.3, 0.4) is 0 Å². The van der Waals surface area contributed by atoms with Crippen LogP contribution in [-0.4, -0.2) is 27.6 Å². The smallest absolute Gasteiger partial charge is 0.0572 e. The van der Waals surface area contributed by atoms with Crippen LogP contribution in [0.4, 0.5) is 5.69 Å². The zero-order chi connectivity index (χ0) is 21.2. The molecule has 4 nitrogen and oxygen atoms in total. The number of aromatic nitrogens is 3. The van der Waals surface area contributed by atoms with E-state index in [4.69, 9.17) is 0 Å². The Morgan fingerprint density at radius 3 is 1.87 bits per heavy atom. The Bertz CT molecular complexity index is 1290. The number of likely N-dealkylation sites (N-methyl/N-ethyl adjacent to an activating group) is 1. The number of hydrogen-bond donors (Lipinski definition) is 0. The average molecular weight is 405 g/mol. The van der Waals surface area contributed by atoms with Gasteiger partial charge in [-0.05, 0) is 54.4 Å². The number of fused-ring (bicyclic) bond motifs is 3. The normalized spacial score (nSPS) is 11.1. The largest absolute Gasteiger partial charge is 0.368 e. The molecule has 5 rings (SSSR count). The molecule has 0 fully saturated rings.